The van der Waals surface area contributed by atoms with Crippen LogP contribution in [-0.4, -0.2) is 17.6 Å². The van der Waals surface area contributed by atoms with Gasteiger partial charge in [0.15, 0.2) is 0 Å². The van der Waals surface area contributed by atoms with E-state index in [2.05, 4.69) is 5.32 Å². The van der Waals surface area contributed by atoms with Gasteiger partial charge in [0, 0.05) is 16.8 Å². The molecule has 3 nitrogen and oxygen atoms in total. The van der Waals surface area contributed by atoms with Crippen LogP contribution in [0.3, 0.4) is 0 Å². The Morgan fingerprint density at radius 3 is 2.76 bits per heavy atom. The van der Waals surface area contributed by atoms with Crippen LogP contribution in [0.4, 0.5) is 0 Å². The van der Waals surface area contributed by atoms with E-state index in [1.807, 2.05) is 53.9 Å². The lowest BCUT2D eigenvalue weighted by atomic mass is 10.1. The summed E-state index contributed by atoms with van der Waals surface area (Å²) in [4.78, 5) is 12.1. The summed E-state index contributed by atoms with van der Waals surface area (Å²) in [5.74, 6) is -0.166. The van der Waals surface area contributed by atoms with Crippen LogP contribution in [0.1, 0.15) is 22.0 Å². The number of rotatable bonds is 4. The number of amides is 1. The summed E-state index contributed by atoms with van der Waals surface area (Å²) < 4.78 is 1.09. The van der Waals surface area contributed by atoms with Gasteiger partial charge in [0.1, 0.15) is 0 Å². The molecule has 3 aromatic rings. The smallest absolute Gasteiger partial charge is 0.251 e. The number of carbonyl (C=O) groups is 1. The number of fused-ring (bicyclic) bond motifs is 1. The normalized spacial score (nSPS) is 12.2. The van der Waals surface area contributed by atoms with Crippen molar-refractivity contribution in [3.63, 3.8) is 0 Å². The molecule has 106 valence electrons. The third-order valence-electron chi connectivity index (χ3n) is 3.36. The van der Waals surface area contributed by atoms with Gasteiger partial charge in [-0.05, 0) is 34.5 Å². The standard InChI is InChI=1S/C17H15NO2S/c19-15(12-4-2-1-3-5-12)11-18-17(20)14-7-6-13-8-9-21-16(13)10-14/h1-10,15,19H,11H2,(H,18,20). The maximum absolute atomic E-state index is 12.1. The first-order valence-electron chi connectivity index (χ1n) is 6.72. The molecule has 4 heteroatoms. The first kappa shape index (κ1) is 13.8. The van der Waals surface area contributed by atoms with Gasteiger partial charge in [0.2, 0.25) is 0 Å². The summed E-state index contributed by atoms with van der Waals surface area (Å²) in [5.41, 5.74) is 1.41. The lowest BCUT2D eigenvalue weighted by Crippen LogP contribution is -2.28. The van der Waals surface area contributed by atoms with E-state index in [1.165, 1.54) is 0 Å². The van der Waals surface area contributed by atoms with E-state index < -0.39 is 6.10 Å². The molecule has 1 heterocycles. The molecule has 21 heavy (non-hydrogen) atoms. The lowest BCUT2D eigenvalue weighted by molar-refractivity contribution is 0.0916. The fraction of sp³-hybridized carbons (Fsp3) is 0.118. The quantitative estimate of drug-likeness (QED) is 0.775. The van der Waals surface area contributed by atoms with Crippen LogP contribution in [-0.2, 0) is 0 Å². The Morgan fingerprint density at radius 2 is 1.95 bits per heavy atom. The highest BCUT2D eigenvalue weighted by Crippen LogP contribution is 2.21. The molecular formula is C17H15NO2S. The highest BCUT2D eigenvalue weighted by atomic mass is 32.1. The van der Waals surface area contributed by atoms with Crippen LogP contribution in [0.25, 0.3) is 10.1 Å². The van der Waals surface area contributed by atoms with Crippen molar-refractivity contribution in [1.82, 2.24) is 5.32 Å². The third kappa shape index (κ3) is 3.12. The van der Waals surface area contributed by atoms with Gasteiger partial charge in [0.25, 0.3) is 5.91 Å². The second-order valence-corrected chi connectivity index (χ2v) is 5.76. The minimum Gasteiger partial charge on any atom is -0.387 e. The van der Waals surface area contributed by atoms with Crippen LogP contribution in [0.2, 0.25) is 0 Å². The number of thiophene rings is 1. The zero-order chi connectivity index (χ0) is 14.7. The molecule has 0 radical (unpaired) electrons. The van der Waals surface area contributed by atoms with E-state index in [1.54, 1.807) is 17.4 Å². The monoisotopic (exact) mass is 297 g/mol. The first-order valence-corrected chi connectivity index (χ1v) is 7.60. The van der Waals surface area contributed by atoms with Gasteiger partial charge in [-0.3, -0.25) is 4.79 Å². The molecule has 0 bridgehead atoms. The van der Waals surface area contributed by atoms with Gasteiger partial charge in [-0.1, -0.05) is 36.4 Å². The Kier molecular flexibility index (Phi) is 3.99. The molecule has 0 aliphatic rings. The van der Waals surface area contributed by atoms with Gasteiger partial charge in [-0.25, -0.2) is 0 Å². The van der Waals surface area contributed by atoms with Crippen LogP contribution in [0.15, 0.2) is 60.0 Å². The second kappa shape index (κ2) is 6.08. The minimum absolute atomic E-state index is 0.166. The largest absolute Gasteiger partial charge is 0.387 e. The number of hydrogen-bond donors (Lipinski definition) is 2. The van der Waals surface area contributed by atoms with Crippen molar-refractivity contribution in [2.45, 2.75) is 6.10 Å². The van der Waals surface area contributed by atoms with Gasteiger partial charge >= 0.3 is 0 Å². The van der Waals surface area contributed by atoms with Gasteiger partial charge in [-0.15, -0.1) is 11.3 Å². The van der Waals surface area contributed by atoms with Crippen molar-refractivity contribution in [1.29, 1.82) is 0 Å². The van der Waals surface area contributed by atoms with Crippen molar-refractivity contribution in [2.75, 3.05) is 6.54 Å². The Balaban J connectivity index is 1.66. The number of aliphatic hydroxyl groups is 1. The maximum Gasteiger partial charge on any atom is 0.251 e. The molecular weight excluding hydrogens is 282 g/mol. The topological polar surface area (TPSA) is 49.3 Å². The summed E-state index contributed by atoms with van der Waals surface area (Å²) in [5, 5.41) is 16.0. The van der Waals surface area contributed by atoms with E-state index in [0.29, 0.717) is 5.56 Å². The van der Waals surface area contributed by atoms with E-state index in [4.69, 9.17) is 0 Å². The molecule has 0 fully saturated rings. The summed E-state index contributed by atoms with van der Waals surface area (Å²) in [7, 11) is 0. The molecule has 0 aliphatic heterocycles. The van der Waals surface area contributed by atoms with Crippen molar-refractivity contribution in [3.05, 3.63) is 71.1 Å². The molecule has 0 saturated carbocycles. The van der Waals surface area contributed by atoms with Crippen molar-refractivity contribution < 1.29 is 9.90 Å². The molecule has 1 atom stereocenters. The molecule has 1 unspecified atom stereocenters. The summed E-state index contributed by atoms with van der Waals surface area (Å²) in [6.07, 6.45) is -0.694. The van der Waals surface area contributed by atoms with Crippen molar-refractivity contribution in [2.24, 2.45) is 0 Å². The molecule has 2 N–H and O–H groups in total. The highest BCUT2D eigenvalue weighted by molar-refractivity contribution is 7.17. The van der Waals surface area contributed by atoms with Crippen molar-refractivity contribution in [3.8, 4) is 0 Å². The number of hydrogen-bond acceptors (Lipinski definition) is 3. The number of aliphatic hydroxyl groups excluding tert-OH is 1. The van der Waals surface area contributed by atoms with E-state index in [9.17, 15) is 9.90 Å². The van der Waals surface area contributed by atoms with E-state index >= 15 is 0 Å². The molecule has 1 amide bonds. The van der Waals surface area contributed by atoms with Crippen LogP contribution in [0.5, 0.6) is 0 Å². The second-order valence-electron chi connectivity index (χ2n) is 4.81. The SMILES string of the molecule is O=C(NCC(O)c1ccccc1)c1ccc2ccsc2c1. The maximum atomic E-state index is 12.1. The Morgan fingerprint density at radius 1 is 1.14 bits per heavy atom. The summed E-state index contributed by atoms with van der Waals surface area (Å²) in [6.45, 7) is 0.200. The predicted molar refractivity (Wildman–Crippen MR) is 85.6 cm³/mol. The molecule has 0 saturated heterocycles. The van der Waals surface area contributed by atoms with Crippen LogP contribution >= 0.6 is 11.3 Å². The Hall–Kier alpha value is -2.17. The molecule has 0 aliphatic carbocycles. The Bertz CT molecular complexity index is 752. The predicted octanol–water partition coefficient (Wildman–Crippen LogP) is 3.36. The van der Waals surface area contributed by atoms with Gasteiger partial charge < -0.3 is 10.4 Å². The zero-order valence-electron chi connectivity index (χ0n) is 11.3. The van der Waals surface area contributed by atoms with Gasteiger partial charge in [0.05, 0.1) is 6.10 Å². The zero-order valence-corrected chi connectivity index (χ0v) is 12.1. The summed E-state index contributed by atoms with van der Waals surface area (Å²) in [6, 6.07) is 17.0. The first-order chi connectivity index (χ1) is 10.2. The fourth-order valence-corrected chi connectivity index (χ4v) is 3.01. The fourth-order valence-electron chi connectivity index (χ4n) is 2.18. The third-order valence-corrected chi connectivity index (χ3v) is 4.24. The van der Waals surface area contributed by atoms with E-state index in [0.717, 1.165) is 15.6 Å². The number of benzene rings is 2. The minimum atomic E-state index is -0.694. The Labute approximate surface area is 126 Å². The van der Waals surface area contributed by atoms with E-state index in [-0.39, 0.29) is 12.5 Å². The van der Waals surface area contributed by atoms with Crippen LogP contribution in [0, 0.1) is 0 Å². The lowest BCUT2D eigenvalue weighted by Gasteiger charge is -2.12. The molecule has 3 rings (SSSR count). The van der Waals surface area contributed by atoms with Crippen LogP contribution < -0.4 is 5.32 Å². The number of carbonyl (C=O) groups excluding carboxylic acids is 1. The van der Waals surface area contributed by atoms with Gasteiger partial charge in [-0.2, -0.15) is 0 Å². The highest BCUT2D eigenvalue weighted by Gasteiger charge is 2.11. The molecule has 2 aromatic carbocycles. The van der Waals surface area contributed by atoms with Crippen molar-refractivity contribution >= 4 is 27.3 Å². The average molecular weight is 297 g/mol. The summed E-state index contributed by atoms with van der Waals surface area (Å²) >= 11 is 1.61. The molecule has 1 aromatic heterocycles. The number of nitrogens with one attached hydrogen (secondary N) is 1. The molecule has 0 spiro atoms. The average Bonchev–Trinajstić information content (AvgIpc) is 3.00.